The molecule has 0 radical (unpaired) electrons. The Morgan fingerprint density at radius 3 is 2.67 bits per heavy atom. The molecule has 2 unspecified atom stereocenters. The van der Waals surface area contributed by atoms with Gasteiger partial charge in [0.1, 0.15) is 0 Å². The van der Waals surface area contributed by atoms with E-state index in [4.69, 9.17) is 0 Å². The van der Waals surface area contributed by atoms with E-state index in [1.165, 1.54) is 44.9 Å². The zero-order valence-corrected chi connectivity index (χ0v) is 12.1. The highest BCUT2D eigenvalue weighted by Crippen LogP contribution is 2.26. The smallest absolute Gasteiger partial charge is 0.233 e. The van der Waals surface area contributed by atoms with Gasteiger partial charge in [-0.1, -0.05) is 39.5 Å². The van der Waals surface area contributed by atoms with Gasteiger partial charge in [0.05, 0.1) is 6.54 Å². The molecule has 3 heteroatoms. The molecule has 1 saturated carbocycles. The molecule has 1 amide bonds. The highest BCUT2D eigenvalue weighted by Gasteiger charge is 2.18. The third-order valence-corrected chi connectivity index (χ3v) is 3.91. The first-order chi connectivity index (χ1) is 8.76. The molecular weight excluding hydrogens is 224 g/mol. The molecule has 1 aliphatic rings. The minimum absolute atomic E-state index is 0.145. The first kappa shape index (κ1) is 15.5. The van der Waals surface area contributed by atoms with Crippen molar-refractivity contribution in [3.8, 4) is 0 Å². The molecule has 0 aromatic carbocycles. The fraction of sp³-hybridized carbons (Fsp3) is 0.933. The summed E-state index contributed by atoms with van der Waals surface area (Å²) in [7, 11) is 0. The van der Waals surface area contributed by atoms with Gasteiger partial charge in [0.15, 0.2) is 0 Å². The van der Waals surface area contributed by atoms with Crippen molar-refractivity contribution < 1.29 is 4.79 Å². The van der Waals surface area contributed by atoms with Crippen LogP contribution in [0, 0.1) is 5.92 Å². The molecule has 3 nitrogen and oxygen atoms in total. The van der Waals surface area contributed by atoms with E-state index in [1.54, 1.807) is 0 Å². The largest absolute Gasteiger partial charge is 0.355 e. The second-order valence-electron chi connectivity index (χ2n) is 5.59. The minimum Gasteiger partial charge on any atom is -0.355 e. The molecule has 0 aromatic rings. The Bertz CT molecular complexity index is 231. The number of carbonyl (C=O) groups is 1. The quantitative estimate of drug-likeness (QED) is 0.686. The van der Waals surface area contributed by atoms with Crippen LogP contribution in [0.3, 0.4) is 0 Å². The van der Waals surface area contributed by atoms with Crippen LogP contribution in [-0.4, -0.2) is 25.0 Å². The summed E-state index contributed by atoms with van der Waals surface area (Å²) in [5.74, 6) is 1.07. The van der Waals surface area contributed by atoms with Crippen LogP contribution in [0.1, 0.15) is 65.2 Å². The number of carbonyl (C=O) groups excluding carboxylic acids is 1. The van der Waals surface area contributed by atoms with Crippen LogP contribution in [0.4, 0.5) is 0 Å². The fourth-order valence-electron chi connectivity index (χ4n) is 2.84. The average Bonchev–Trinajstić information content (AvgIpc) is 2.60. The number of amides is 1. The molecular formula is C15H30N2O. The van der Waals surface area contributed by atoms with Crippen LogP contribution >= 0.6 is 0 Å². The average molecular weight is 254 g/mol. The summed E-state index contributed by atoms with van der Waals surface area (Å²) in [6.45, 7) is 5.64. The van der Waals surface area contributed by atoms with E-state index in [0.717, 1.165) is 18.9 Å². The van der Waals surface area contributed by atoms with E-state index in [2.05, 4.69) is 24.5 Å². The predicted octanol–water partition coefficient (Wildman–Crippen LogP) is 2.85. The van der Waals surface area contributed by atoms with Gasteiger partial charge in [0.25, 0.3) is 0 Å². The maximum absolute atomic E-state index is 11.5. The van der Waals surface area contributed by atoms with Crippen LogP contribution in [0.25, 0.3) is 0 Å². The van der Waals surface area contributed by atoms with Crippen molar-refractivity contribution in [3.63, 3.8) is 0 Å². The first-order valence-corrected chi connectivity index (χ1v) is 7.76. The summed E-state index contributed by atoms with van der Waals surface area (Å²) in [5, 5.41) is 6.34. The van der Waals surface area contributed by atoms with Crippen LogP contribution < -0.4 is 10.6 Å². The van der Waals surface area contributed by atoms with E-state index in [0.29, 0.717) is 12.6 Å². The number of rotatable bonds is 7. The van der Waals surface area contributed by atoms with Crippen molar-refractivity contribution in [2.45, 2.75) is 71.3 Å². The molecule has 0 aromatic heterocycles. The van der Waals surface area contributed by atoms with Gasteiger partial charge in [-0.25, -0.2) is 0 Å². The van der Waals surface area contributed by atoms with Crippen LogP contribution in [0.2, 0.25) is 0 Å². The van der Waals surface area contributed by atoms with Crippen molar-refractivity contribution in [2.24, 2.45) is 5.92 Å². The van der Waals surface area contributed by atoms with Gasteiger partial charge in [-0.05, 0) is 31.6 Å². The Hall–Kier alpha value is -0.570. The molecule has 0 heterocycles. The van der Waals surface area contributed by atoms with E-state index in [-0.39, 0.29) is 5.91 Å². The second kappa shape index (κ2) is 9.37. The molecule has 18 heavy (non-hydrogen) atoms. The lowest BCUT2D eigenvalue weighted by Crippen LogP contribution is -2.39. The van der Waals surface area contributed by atoms with E-state index in [9.17, 15) is 4.79 Å². The molecule has 2 N–H and O–H groups in total. The maximum Gasteiger partial charge on any atom is 0.233 e. The van der Waals surface area contributed by atoms with Crippen molar-refractivity contribution in [3.05, 3.63) is 0 Å². The second-order valence-corrected chi connectivity index (χ2v) is 5.59. The number of hydrogen-bond acceptors (Lipinski definition) is 2. The Morgan fingerprint density at radius 1 is 1.11 bits per heavy atom. The molecule has 0 saturated heterocycles. The molecule has 1 fully saturated rings. The predicted molar refractivity (Wildman–Crippen MR) is 76.6 cm³/mol. The highest BCUT2D eigenvalue weighted by atomic mass is 16.1. The molecule has 0 aliphatic heterocycles. The van der Waals surface area contributed by atoms with Gasteiger partial charge in [0.2, 0.25) is 5.91 Å². The SMILES string of the molecule is CCCNC(=O)CNC1CCCC(CCC)CC1. The van der Waals surface area contributed by atoms with Crippen molar-refractivity contribution in [2.75, 3.05) is 13.1 Å². The molecule has 0 spiro atoms. The minimum atomic E-state index is 0.145. The van der Waals surface area contributed by atoms with E-state index in [1.807, 2.05) is 0 Å². The lowest BCUT2D eigenvalue weighted by atomic mass is 9.95. The summed E-state index contributed by atoms with van der Waals surface area (Å²) in [5.41, 5.74) is 0. The van der Waals surface area contributed by atoms with Crippen LogP contribution in [0.5, 0.6) is 0 Å². The van der Waals surface area contributed by atoms with E-state index < -0.39 is 0 Å². The summed E-state index contributed by atoms with van der Waals surface area (Å²) < 4.78 is 0. The lowest BCUT2D eigenvalue weighted by Gasteiger charge is -2.16. The Balaban J connectivity index is 2.17. The monoisotopic (exact) mass is 254 g/mol. The van der Waals surface area contributed by atoms with E-state index >= 15 is 0 Å². The lowest BCUT2D eigenvalue weighted by molar-refractivity contribution is -0.120. The standard InChI is InChI=1S/C15H30N2O/c1-3-6-13-7-5-8-14(10-9-13)17-12-15(18)16-11-4-2/h13-14,17H,3-12H2,1-2H3,(H,16,18). The Morgan fingerprint density at radius 2 is 1.94 bits per heavy atom. The summed E-state index contributed by atoms with van der Waals surface area (Å²) in [6, 6.07) is 0.555. The fourth-order valence-corrected chi connectivity index (χ4v) is 2.84. The summed E-state index contributed by atoms with van der Waals surface area (Å²) in [6.07, 6.45) is 10.2. The first-order valence-electron chi connectivity index (χ1n) is 7.76. The van der Waals surface area contributed by atoms with Crippen molar-refractivity contribution in [1.82, 2.24) is 10.6 Å². The van der Waals surface area contributed by atoms with Crippen LogP contribution in [-0.2, 0) is 4.79 Å². The van der Waals surface area contributed by atoms with Gasteiger partial charge >= 0.3 is 0 Å². The Labute approximate surface area is 112 Å². The van der Waals surface area contributed by atoms with Crippen LogP contribution in [0.15, 0.2) is 0 Å². The zero-order chi connectivity index (χ0) is 13.2. The molecule has 1 rings (SSSR count). The molecule has 0 bridgehead atoms. The van der Waals surface area contributed by atoms with Gasteiger partial charge in [-0.3, -0.25) is 4.79 Å². The zero-order valence-electron chi connectivity index (χ0n) is 12.1. The van der Waals surface area contributed by atoms with Gasteiger partial charge in [0, 0.05) is 12.6 Å². The maximum atomic E-state index is 11.5. The summed E-state index contributed by atoms with van der Waals surface area (Å²) in [4.78, 5) is 11.5. The Kier molecular flexibility index (Phi) is 8.06. The number of nitrogens with one attached hydrogen (secondary N) is 2. The van der Waals surface area contributed by atoms with Crippen molar-refractivity contribution in [1.29, 1.82) is 0 Å². The molecule has 2 atom stereocenters. The van der Waals surface area contributed by atoms with Gasteiger partial charge < -0.3 is 10.6 Å². The molecule has 1 aliphatic carbocycles. The normalized spacial score (nSPS) is 24.6. The summed E-state index contributed by atoms with van der Waals surface area (Å²) >= 11 is 0. The highest BCUT2D eigenvalue weighted by molar-refractivity contribution is 5.77. The third-order valence-electron chi connectivity index (χ3n) is 3.91. The topological polar surface area (TPSA) is 41.1 Å². The van der Waals surface area contributed by atoms with Crippen molar-refractivity contribution >= 4 is 5.91 Å². The molecule has 106 valence electrons. The van der Waals surface area contributed by atoms with Gasteiger partial charge in [-0.15, -0.1) is 0 Å². The third kappa shape index (κ3) is 6.39. The number of hydrogen-bond donors (Lipinski definition) is 2. The van der Waals surface area contributed by atoms with Gasteiger partial charge in [-0.2, -0.15) is 0 Å².